The first kappa shape index (κ1) is 8.14. The highest BCUT2D eigenvalue weighted by Gasteiger charge is 1.97. The van der Waals surface area contributed by atoms with E-state index in [-0.39, 0.29) is 0 Å². The maximum absolute atomic E-state index is 5.04. The summed E-state index contributed by atoms with van der Waals surface area (Å²) in [5, 5.41) is 0. The predicted molar refractivity (Wildman–Crippen MR) is 56.5 cm³/mol. The third-order valence-electron chi connectivity index (χ3n) is 1.25. The van der Waals surface area contributed by atoms with Crippen LogP contribution in [0.15, 0.2) is 24.3 Å². The SMILES string of the molecule is CC(=S)c1ccccc1I. The van der Waals surface area contributed by atoms with Crippen molar-refractivity contribution < 1.29 is 0 Å². The van der Waals surface area contributed by atoms with Gasteiger partial charge in [0.15, 0.2) is 0 Å². The molecular weight excluding hydrogens is 255 g/mol. The molecule has 2 heteroatoms. The zero-order chi connectivity index (χ0) is 7.56. The van der Waals surface area contributed by atoms with Crippen molar-refractivity contribution in [2.45, 2.75) is 6.92 Å². The molecule has 0 unspecified atom stereocenters. The summed E-state index contributed by atoms with van der Waals surface area (Å²) < 4.78 is 1.23. The zero-order valence-electron chi connectivity index (χ0n) is 5.60. The second kappa shape index (κ2) is 3.44. The highest BCUT2D eigenvalue weighted by atomic mass is 127. The minimum Gasteiger partial charge on any atom is -0.0845 e. The fourth-order valence-electron chi connectivity index (χ4n) is 0.747. The fraction of sp³-hybridized carbons (Fsp3) is 0.125. The van der Waals surface area contributed by atoms with Crippen LogP contribution in [0.25, 0.3) is 0 Å². The molecule has 1 aromatic rings. The summed E-state index contributed by atoms with van der Waals surface area (Å²) in [5.74, 6) is 0. The molecule has 0 amide bonds. The molecule has 1 rings (SSSR count). The van der Waals surface area contributed by atoms with Gasteiger partial charge in [-0.25, -0.2) is 0 Å². The molecule has 0 aliphatic rings. The van der Waals surface area contributed by atoms with Crippen molar-refractivity contribution in [3.8, 4) is 0 Å². The molecule has 0 fully saturated rings. The smallest absolute Gasteiger partial charge is 0.0213 e. The third-order valence-corrected chi connectivity index (χ3v) is 2.41. The minimum absolute atomic E-state index is 0.963. The van der Waals surface area contributed by atoms with Gasteiger partial charge in [0.2, 0.25) is 0 Å². The van der Waals surface area contributed by atoms with E-state index in [1.807, 2.05) is 25.1 Å². The van der Waals surface area contributed by atoms with Gasteiger partial charge < -0.3 is 0 Å². The molecule has 0 aliphatic heterocycles. The summed E-state index contributed by atoms with van der Waals surface area (Å²) in [6.45, 7) is 1.95. The molecule has 0 atom stereocenters. The summed E-state index contributed by atoms with van der Waals surface area (Å²) in [5.41, 5.74) is 1.18. The lowest BCUT2D eigenvalue weighted by Crippen LogP contribution is -1.92. The number of rotatable bonds is 1. The average molecular weight is 262 g/mol. The molecule has 0 heterocycles. The molecule has 0 radical (unpaired) electrons. The van der Waals surface area contributed by atoms with Crippen molar-refractivity contribution in [2.24, 2.45) is 0 Å². The fourth-order valence-corrected chi connectivity index (χ4v) is 1.90. The van der Waals surface area contributed by atoms with Crippen LogP contribution in [0, 0.1) is 3.57 Å². The molecule has 52 valence electrons. The summed E-state index contributed by atoms with van der Waals surface area (Å²) in [4.78, 5) is 0.963. The highest BCUT2D eigenvalue weighted by molar-refractivity contribution is 14.1. The number of thiocarbonyl (C=S) groups is 1. The zero-order valence-corrected chi connectivity index (χ0v) is 8.57. The number of benzene rings is 1. The van der Waals surface area contributed by atoms with E-state index < -0.39 is 0 Å². The first-order chi connectivity index (χ1) is 4.72. The lowest BCUT2D eigenvalue weighted by Gasteiger charge is -1.98. The van der Waals surface area contributed by atoms with Crippen molar-refractivity contribution in [1.82, 2.24) is 0 Å². The van der Waals surface area contributed by atoms with Gasteiger partial charge in [-0.1, -0.05) is 30.4 Å². The van der Waals surface area contributed by atoms with E-state index in [9.17, 15) is 0 Å². The molecule has 0 saturated heterocycles. The Morgan fingerprint density at radius 1 is 1.40 bits per heavy atom. The Bertz CT molecular complexity index is 255. The Kier molecular flexibility index (Phi) is 2.80. The van der Waals surface area contributed by atoms with Crippen molar-refractivity contribution in [3.63, 3.8) is 0 Å². The van der Waals surface area contributed by atoms with E-state index in [1.165, 1.54) is 9.13 Å². The van der Waals surface area contributed by atoms with Gasteiger partial charge in [0, 0.05) is 14.0 Å². The van der Waals surface area contributed by atoms with E-state index in [4.69, 9.17) is 12.2 Å². The topological polar surface area (TPSA) is 0 Å². The van der Waals surface area contributed by atoms with E-state index in [0.717, 1.165) is 4.86 Å². The van der Waals surface area contributed by atoms with E-state index >= 15 is 0 Å². The lowest BCUT2D eigenvalue weighted by atomic mass is 10.2. The maximum atomic E-state index is 5.04. The Labute approximate surface area is 79.8 Å². The van der Waals surface area contributed by atoms with E-state index in [0.29, 0.717) is 0 Å². The molecular formula is C8H7IS. The standard InChI is InChI=1S/C8H7IS/c1-6(10)7-4-2-3-5-8(7)9/h2-5H,1H3. The molecule has 0 nitrogen and oxygen atoms in total. The number of hydrogen-bond donors (Lipinski definition) is 0. The quantitative estimate of drug-likeness (QED) is 0.426. The molecule has 0 aromatic heterocycles. The molecule has 1 aromatic carbocycles. The third kappa shape index (κ3) is 1.76. The van der Waals surface area contributed by atoms with Crippen LogP contribution in [0.5, 0.6) is 0 Å². The summed E-state index contributed by atoms with van der Waals surface area (Å²) >= 11 is 7.33. The second-order valence-electron chi connectivity index (χ2n) is 2.04. The Balaban J connectivity index is 3.15. The Morgan fingerprint density at radius 2 is 2.00 bits per heavy atom. The molecule has 10 heavy (non-hydrogen) atoms. The lowest BCUT2D eigenvalue weighted by molar-refractivity contribution is 1.59. The molecule has 0 saturated carbocycles. The van der Waals surface area contributed by atoms with Gasteiger partial charge in [0.1, 0.15) is 0 Å². The normalized spacial score (nSPS) is 9.40. The maximum Gasteiger partial charge on any atom is 0.0213 e. The minimum atomic E-state index is 0.963. The van der Waals surface area contributed by atoms with Gasteiger partial charge in [-0.2, -0.15) is 0 Å². The first-order valence-electron chi connectivity index (χ1n) is 2.97. The predicted octanol–water partition coefficient (Wildman–Crippen LogP) is 3.03. The number of halogens is 1. The second-order valence-corrected chi connectivity index (χ2v) is 3.81. The molecule has 0 N–H and O–H groups in total. The number of hydrogen-bond acceptors (Lipinski definition) is 1. The van der Waals surface area contributed by atoms with Crippen LogP contribution in [0.2, 0.25) is 0 Å². The first-order valence-corrected chi connectivity index (χ1v) is 4.46. The van der Waals surface area contributed by atoms with Gasteiger partial charge in [0.25, 0.3) is 0 Å². The van der Waals surface area contributed by atoms with Crippen LogP contribution in [-0.2, 0) is 0 Å². The highest BCUT2D eigenvalue weighted by Crippen LogP contribution is 2.11. The van der Waals surface area contributed by atoms with E-state index in [1.54, 1.807) is 0 Å². The summed E-state index contributed by atoms with van der Waals surface area (Å²) in [7, 11) is 0. The average Bonchev–Trinajstić information content (AvgIpc) is 1.88. The van der Waals surface area contributed by atoms with Crippen molar-refractivity contribution >= 4 is 39.7 Å². The molecule has 0 bridgehead atoms. The van der Waals surface area contributed by atoms with Crippen LogP contribution < -0.4 is 0 Å². The van der Waals surface area contributed by atoms with Gasteiger partial charge in [-0.15, -0.1) is 0 Å². The van der Waals surface area contributed by atoms with Crippen LogP contribution >= 0.6 is 34.8 Å². The van der Waals surface area contributed by atoms with Crippen molar-refractivity contribution in [2.75, 3.05) is 0 Å². The molecule has 0 spiro atoms. The Hall–Kier alpha value is 0.0400. The largest absolute Gasteiger partial charge is 0.0845 e. The van der Waals surface area contributed by atoms with Gasteiger partial charge in [-0.05, 0) is 35.6 Å². The summed E-state index contributed by atoms with van der Waals surface area (Å²) in [6.07, 6.45) is 0. The molecule has 0 aliphatic carbocycles. The van der Waals surface area contributed by atoms with Crippen LogP contribution in [-0.4, -0.2) is 4.86 Å². The van der Waals surface area contributed by atoms with Gasteiger partial charge >= 0.3 is 0 Å². The monoisotopic (exact) mass is 262 g/mol. The van der Waals surface area contributed by atoms with Crippen LogP contribution in [0.3, 0.4) is 0 Å². The van der Waals surface area contributed by atoms with Crippen molar-refractivity contribution in [1.29, 1.82) is 0 Å². The van der Waals surface area contributed by atoms with E-state index in [2.05, 4.69) is 28.7 Å². The van der Waals surface area contributed by atoms with Crippen molar-refractivity contribution in [3.05, 3.63) is 33.4 Å². The Morgan fingerprint density at radius 3 is 2.40 bits per heavy atom. The summed E-state index contributed by atoms with van der Waals surface area (Å²) in [6, 6.07) is 8.13. The van der Waals surface area contributed by atoms with Gasteiger partial charge in [-0.3, -0.25) is 0 Å². The van der Waals surface area contributed by atoms with Crippen LogP contribution in [0.4, 0.5) is 0 Å². The van der Waals surface area contributed by atoms with Gasteiger partial charge in [0.05, 0.1) is 0 Å². The van der Waals surface area contributed by atoms with Crippen LogP contribution in [0.1, 0.15) is 12.5 Å².